The quantitative estimate of drug-likeness (QED) is 0.648. The Labute approximate surface area is 176 Å². The van der Waals surface area contributed by atoms with E-state index in [0.717, 1.165) is 47.0 Å². The van der Waals surface area contributed by atoms with Crippen LogP contribution in [0.2, 0.25) is 5.02 Å². The molecule has 152 valence electrons. The lowest BCUT2D eigenvalue weighted by atomic mass is 9.97. The smallest absolute Gasteiger partial charge is 0.262 e. The standard InChI is InChI=1S/C21H21ClFN3O2S/c1-12(13-6-7-16(23)15(22)10-13)25-18(27)8-9-26-11-24-20-19(21(26)28)14-4-2-3-5-17(14)29-20/h6-7,10-12H,2-5,8-9H2,1H3,(H,25,27). The van der Waals surface area contributed by atoms with Crippen molar-refractivity contribution in [1.82, 2.24) is 14.9 Å². The molecule has 29 heavy (non-hydrogen) atoms. The van der Waals surface area contributed by atoms with Gasteiger partial charge in [0.2, 0.25) is 5.91 Å². The lowest BCUT2D eigenvalue weighted by Gasteiger charge is -2.15. The third-order valence-corrected chi connectivity index (χ3v) is 6.83. The normalized spacial score (nSPS) is 14.6. The predicted molar refractivity (Wildman–Crippen MR) is 113 cm³/mol. The van der Waals surface area contributed by atoms with Crippen molar-refractivity contribution in [2.75, 3.05) is 0 Å². The van der Waals surface area contributed by atoms with Crippen LogP contribution in [0.15, 0.2) is 29.3 Å². The average molecular weight is 434 g/mol. The molecule has 8 heteroatoms. The van der Waals surface area contributed by atoms with Gasteiger partial charge in [-0.15, -0.1) is 11.3 Å². The van der Waals surface area contributed by atoms with Crippen molar-refractivity contribution in [3.05, 3.63) is 61.7 Å². The molecule has 1 atom stereocenters. The Kier molecular flexibility index (Phi) is 5.69. The minimum absolute atomic E-state index is 0.0219. The molecule has 1 aromatic carbocycles. The average Bonchev–Trinajstić information content (AvgIpc) is 3.08. The summed E-state index contributed by atoms with van der Waals surface area (Å²) in [6.07, 6.45) is 5.88. The summed E-state index contributed by atoms with van der Waals surface area (Å²) < 4.78 is 14.8. The first-order valence-corrected chi connectivity index (χ1v) is 10.9. The largest absolute Gasteiger partial charge is 0.350 e. The van der Waals surface area contributed by atoms with Gasteiger partial charge in [0.1, 0.15) is 10.6 Å². The van der Waals surface area contributed by atoms with Crippen LogP contribution in [0.1, 0.15) is 48.2 Å². The molecule has 0 fully saturated rings. The van der Waals surface area contributed by atoms with Crippen LogP contribution in [0.3, 0.4) is 0 Å². The van der Waals surface area contributed by atoms with E-state index in [-0.39, 0.29) is 35.5 Å². The summed E-state index contributed by atoms with van der Waals surface area (Å²) in [7, 11) is 0. The Morgan fingerprint density at radius 3 is 2.97 bits per heavy atom. The van der Waals surface area contributed by atoms with Crippen molar-refractivity contribution >= 4 is 39.1 Å². The number of thiophene rings is 1. The van der Waals surface area contributed by atoms with Gasteiger partial charge in [0.15, 0.2) is 0 Å². The maximum atomic E-state index is 13.3. The summed E-state index contributed by atoms with van der Waals surface area (Å²) >= 11 is 7.42. The number of carbonyl (C=O) groups excluding carboxylic acids is 1. The topological polar surface area (TPSA) is 64.0 Å². The molecule has 0 radical (unpaired) electrons. The Hall–Kier alpha value is -2.25. The summed E-state index contributed by atoms with van der Waals surface area (Å²) in [5.74, 6) is -0.691. The van der Waals surface area contributed by atoms with Crippen molar-refractivity contribution in [2.24, 2.45) is 0 Å². The van der Waals surface area contributed by atoms with Crippen LogP contribution in [0.4, 0.5) is 4.39 Å². The van der Waals surface area contributed by atoms with Crippen LogP contribution in [0, 0.1) is 5.82 Å². The molecule has 0 spiro atoms. The summed E-state index contributed by atoms with van der Waals surface area (Å²) in [5.41, 5.74) is 1.80. The van der Waals surface area contributed by atoms with E-state index < -0.39 is 5.82 Å². The molecule has 0 saturated carbocycles. The second-order valence-corrected chi connectivity index (χ2v) is 8.84. The number of aromatic nitrogens is 2. The monoisotopic (exact) mass is 433 g/mol. The highest BCUT2D eigenvalue weighted by molar-refractivity contribution is 7.18. The molecule has 1 unspecified atom stereocenters. The first-order chi connectivity index (χ1) is 13.9. The van der Waals surface area contributed by atoms with Crippen LogP contribution in [-0.4, -0.2) is 15.5 Å². The zero-order valence-electron chi connectivity index (χ0n) is 16.0. The third-order valence-electron chi connectivity index (χ3n) is 5.34. The molecule has 2 heterocycles. The number of fused-ring (bicyclic) bond motifs is 3. The number of hydrogen-bond acceptors (Lipinski definition) is 4. The number of aryl methyl sites for hydroxylation is 3. The van der Waals surface area contributed by atoms with Gasteiger partial charge in [-0.3, -0.25) is 14.2 Å². The predicted octanol–water partition coefficient (Wildman–Crippen LogP) is 4.40. The van der Waals surface area contributed by atoms with Crippen molar-refractivity contribution in [3.63, 3.8) is 0 Å². The highest BCUT2D eigenvalue weighted by Crippen LogP contribution is 2.33. The van der Waals surface area contributed by atoms with Crippen LogP contribution in [0.5, 0.6) is 0 Å². The number of benzene rings is 1. The second-order valence-electron chi connectivity index (χ2n) is 7.35. The summed E-state index contributed by atoms with van der Waals surface area (Å²) in [6, 6.07) is 4.06. The number of rotatable bonds is 5. The number of nitrogens with one attached hydrogen (secondary N) is 1. The van der Waals surface area contributed by atoms with Gasteiger partial charge >= 0.3 is 0 Å². The van der Waals surface area contributed by atoms with Crippen LogP contribution >= 0.6 is 22.9 Å². The van der Waals surface area contributed by atoms with Gasteiger partial charge in [-0.25, -0.2) is 9.37 Å². The molecule has 1 aliphatic carbocycles. The highest BCUT2D eigenvalue weighted by atomic mass is 35.5. The summed E-state index contributed by atoms with van der Waals surface area (Å²) in [5, 5.41) is 3.61. The maximum absolute atomic E-state index is 13.3. The lowest BCUT2D eigenvalue weighted by Crippen LogP contribution is -2.29. The molecule has 0 saturated heterocycles. The Bertz CT molecular complexity index is 1140. The summed E-state index contributed by atoms with van der Waals surface area (Å²) in [6.45, 7) is 2.06. The van der Waals surface area contributed by atoms with Gasteiger partial charge in [-0.05, 0) is 55.9 Å². The fraction of sp³-hybridized carbons (Fsp3) is 0.381. The molecular weight excluding hydrogens is 413 g/mol. The number of hydrogen-bond donors (Lipinski definition) is 1. The lowest BCUT2D eigenvalue weighted by molar-refractivity contribution is -0.121. The van der Waals surface area contributed by atoms with Gasteiger partial charge in [0.05, 0.1) is 22.8 Å². The van der Waals surface area contributed by atoms with Crippen LogP contribution < -0.4 is 10.9 Å². The van der Waals surface area contributed by atoms with Crippen LogP contribution in [0.25, 0.3) is 10.2 Å². The van der Waals surface area contributed by atoms with Crippen molar-refractivity contribution in [1.29, 1.82) is 0 Å². The van der Waals surface area contributed by atoms with E-state index in [2.05, 4.69) is 10.3 Å². The van der Waals surface area contributed by atoms with E-state index >= 15 is 0 Å². The minimum atomic E-state index is -0.494. The van der Waals surface area contributed by atoms with Crippen molar-refractivity contribution in [3.8, 4) is 0 Å². The number of halogens is 2. The zero-order valence-corrected chi connectivity index (χ0v) is 17.6. The molecule has 2 aromatic heterocycles. The van der Waals surface area contributed by atoms with E-state index in [1.807, 2.05) is 0 Å². The number of amides is 1. The minimum Gasteiger partial charge on any atom is -0.350 e. The van der Waals surface area contributed by atoms with Gasteiger partial charge < -0.3 is 5.32 Å². The van der Waals surface area contributed by atoms with Crippen molar-refractivity contribution in [2.45, 2.75) is 51.6 Å². The maximum Gasteiger partial charge on any atom is 0.262 e. The van der Waals surface area contributed by atoms with E-state index in [4.69, 9.17) is 11.6 Å². The van der Waals surface area contributed by atoms with Gasteiger partial charge in [0.25, 0.3) is 5.56 Å². The van der Waals surface area contributed by atoms with Gasteiger partial charge in [-0.2, -0.15) is 0 Å². The molecular formula is C21H21ClFN3O2S. The zero-order chi connectivity index (χ0) is 20.5. The first-order valence-electron chi connectivity index (χ1n) is 9.68. The SMILES string of the molecule is CC(NC(=O)CCn1cnc2sc3c(c2c1=O)CCCC3)c1ccc(F)c(Cl)c1. The second kappa shape index (κ2) is 8.24. The van der Waals surface area contributed by atoms with Gasteiger partial charge in [0, 0.05) is 17.8 Å². The van der Waals surface area contributed by atoms with E-state index in [1.54, 1.807) is 24.3 Å². The Balaban J connectivity index is 1.45. The number of nitrogens with zero attached hydrogens (tertiary/aromatic N) is 2. The Morgan fingerprint density at radius 1 is 1.38 bits per heavy atom. The van der Waals surface area contributed by atoms with Gasteiger partial charge in [-0.1, -0.05) is 17.7 Å². The molecule has 1 N–H and O–H groups in total. The number of carbonyl (C=O) groups is 1. The molecule has 5 nitrogen and oxygen atoms in total. The molecule has 0 bridgehead atoms. The fourth-order valence-corrected chi connectivity index (χ4v) is 5.15. The van der Waals surface area contributed by atoms with Crippen LogP contribution in [-0.2, 0) is 24.2 Å². The van der Waals surface area contributed by atoms with Crippen molar-refractivity contribution < 1.29 is 9.18 Å². The molecule has 4 rings (SSSR count). The molecule has 1 aliphatic rings. The van der Waals surface area contributed by atoms with E-state index in [9.17, 15) is 14.0 Å². The molecule has 0 aliphatic heterocycles. The molecule has 1 amide bonds. The first kappa shape index (κ1) is 20.0. The van der Waals surface area contributed by atoms with E-state index in [0.29, 0.717) is 0 Å². The summed E-state index contributed by atoms with van der Waals surface area (Å²) in [4.78, 5) is 31.8. The third kappa shape index (κ3) is 4.07. The fourth-order valence-electron chi connectivity index (χ4n) is 3.74. The Morgan fingerprint density at radius 2 is 2.17 bits per heavy atom. The highest BCUT2D eigenvalue weighted by Gasteiger charge is 2.20. The van der Waals surface area contributed by atoms with E-state index in [1.165, 1.54) is 27.9 Å². The molecule has 3 aromatic rings.